The van der Waals surface area contributed by atoms with Crippen LogP contribution < -0.4 is 5.73 Å². The zero-order valence-corrected chi connectivity index (χ0v) is 13.0. The lowest BCUT2D eigenvalue weighted by atomic mass is 10.1. The number of benzene rings is 1. The predicted octanol–water partition coefficient (Wildman–Crippen LogP) is 1.69. The molecule has 0 spiro atoms. The van der Waals surface area contributed by atoms with Crippen molar-refractivity contribution >= 4 is 5.84 Å². The molecule has 0 fully saturated rings. The second-order valence-electron chi connectivity index (χ2n) is 5.32. The Morgan fingerprint density at radius 1 is 1.33 bits per heavy atom. The van der Waals surface area contributed by atoms with Gasteiger partial charge in [0.05, 0.1) is 0 Å². The monoisotopic (exact) mass is 296 g/mol. The Bertz CT molecular complexity index is 477. The summed E-state index contributed by atoms with van der Waals surface area (Å²) in [5, 5.41) is 11.5. The zero-order valence-electron chi connectivity index (χ0n) is 13.0. The highest BCUT2D eigenvalue weighted by atomic mass is 19.1. The molecule has 0 bridgehead atoms. The summed E-state index contributed by atoms with van der Waals surface area (Å²) < 4.78 is 14.1. The van der Waals surface area contributed by atoms with Gasteiger partial charge in [0, 0.05) is 17.7 Å². The Morgan fingerprint density at radius 3 is 2.57 bits per heavy atom. The third kappa shape index (κ3) is 5.69. The van der Waals surface area contributed by atoms with Crippen molar-refractivity contribution in [1.82, 2.24) is 9.80 Å². The third-order valence-electron chi connectivity index (χ3n) is 3.38. The van der Waals surface area contributed by atoms with Crippen molar-refractivity contribution in [3.63, 3.8) is 0 Å². The fourth-order valence-electron chi connectivity index (χ4n) is 2.09. The van der Waals surface area contributed by atoms with Crippen LogP contribution in [0.5, 0.6) is 0 Å². The van der Waals surface area contributed by atoms with Crippen molar-refractivity contribution in [2.75, 3.05) is 33.7 Å². The molecule has 0 aromatic heterocycles. The molecular weight excluding hydrogens is 271 g/mol. The van der Waals surface area contributed by atoms with Crippen molar-refractivity contribution in [1.29, 1.82) is 0 Å². The van der Waals surface area contributed by atoms with Crippen molar-refractivity contribution in [2.24, 2.45) is 10.9 Å². The van der Waals surface area contributed by atoms with Crippen LogP contribution in [0.15, 0.2) is 23.4 Å². The van der Waals surface area contributed by atoms with Crippen LogP contribution in [0.3, 0.4) is 0 Å². The van der Waals surface area contributed by atoms with Gasteiger partial charge in [0.1, 0.15) is 5.82 Å². The summed E-state index contributed by atoms with van der Waals surface area (Å²) >= 11 is 0. The van der Waals surface area contributed by atoms with Crippen LogP contribution in [-0.2, 0) is 6.54 Å². The highest BCUT2D eigenvalue weighted by Crippen LogP contribution is 2.13. The molecule has 0 amide bonds. The first kappa shape index (κ1) is 17.4. The van der Waals surface area contributed by atoms with Crippen molar-refractivity contribution in [2.45, 2.75) is 19.9 Å². The molecule has 1 aromatic carbocycles. The van der Waals surface area contributed by atoms with Gasteiger partial charge in [-0.2, -0.15) is 0 Å². The molecule has 21 heavy (non-hydrogen) atoms. The first-order chi connectivity index (χ1) is 9.97. The average molecular weight is 296 g/mol. The van der Waals surface area contributed by atoms with E-state index in [1.54, 1.807) is 12.1 Å². The Hall–Kier alpha value is -1.66. The van der Waals surface area contributed by atoms with Crippen molar-refractivity contribution in [3.8, 4) is 0 Å². The van der Waals surface area contributed by atoms with Gasteiger partial charge in [0.25, 0.3) is 0 Å². The molecule has 118 valence electrons. The highest BCUT2D eigenvalue weighted by Gasteiger charge is 2.10. The van der Waals surface area contributed by atoms with Crippen LogP contribution in [0.1, 0.15) is 24.5 Å². The number of hydrogen-bond donors (Lipinski definition) is 2. The summed E-state index contributed by atoms with van der Waals surface area (Å²) in [5.41, 5.74) is 6.46. The van der Waals surface area contributed by atoms with Gasteiger partial charge in [0.2, 0.25) is 0 Å². The zero-order chi connectivity index (χ0) is 15.8. The van der Waals surface area contributed by atoms with Crippen molar-refractivity contribution in [3.05, 3.63) is 35.1 Å². The molecule has 6 heteroatoms. The molecule has 0 saturated heterocycles. The van der Waals surface area contributed by atoms with Crippen LogP contribution in [0.4, 0.5) is 4.39 Å². The molecule has 0 unspecified atom stereocenters. The van der Waals surface area contributed by atoms with Gasteiger partial charge in [-0.1, -0.05) is 24.2 Å². The minimum absolute atomic E-state index is 0.0845. The summed E-state index contributed by atoms with van der Waals surface area (Å²) in [6.45, 7) is 5.44. The Labute approximate surface area is 125 Å². The van der Waals surface area contributed by atoms with Gasteiger partial charge in [-0.3, -0.25) is 4.90 Å². The first-order valence-electron chi connectivity index (χ1n) is 7.11. The summed E-state index contributed by atoms with van der Waals surface area (Å²) in [7, 11) is 4.09. The summed E-state index contributed by atoms with van der Waals surface area (Å²) in [6, 6.07) is 4.66. The van der Waals surface area contributed by atoms with Gasteiger partial charge >= 0.3 is 0 Å². The van der Waals surface area contributed by atoms with Crippen LogP contribution in [0, 0.1) is 5.82 Å². The number of hydrogen-bond acceptors (Lipinski definition) is 4. The second kappa shape index (κ2) is 8.59. The molecule has 1 rings (SSSR count). The van der Waals surface area contributed by atoms with Gasteiger partial charge in [0.15, 0.2) is 5.84 Å². The molecular formula is C15H25FN4O. The predicted molar refractivity (Wildman–Crippen MR) is 83.0 cm³/mol. The lowest BCUT2D eigenvalue weighted by Gasteiger charge is -2.22. The Morgan fingerprint density at radius 2 is 2.05 bits per heavy atom. The minimum atomic E-state index is -0.329. The summed E-state index contributed by atoms with van der Waals surface area (Å²) in [5.74, 6) is -0.413. The molecule has 0 atom stereocenters. The lowest BCUT2D eigenvalue weighted by molar-refractivity contribution is 0.256. The summed E-state index contributed by atoms with van der Waals surface area (Å²) in [6.07, 6.45) is 1.05. The lowest BCUT2D eigenvalue weighted by Crippen LogP contribution is -2.27. The van der Waals surface area contributed by atoms with Gasteiger partial charge in [-0.25, -0.2) is 4.39 Å². The van der Waals surface area contributed by atoms with E-state index in [2.05, 4.69) is 21.9 Å². The van der Waals surface area contributed by atoms with E-state index in [1.807, 2.05) is 14.1 Å². The van der Waals surface area contributed by atoms with Crippen LogP contribution >= 0.6 is 0 Å². The van der Waals surface area contributed by atoms with Crippen LogP contribution in [0.2, 0.25) is 0 Å². The summed E-state index contributed by atoms with van der Waals surface area (Å²) in [4.78, 5) is 4.34. The maximum Gasteiger partial charge on any atom is 0.170 e. The number of nitrogens with zero attached hydrogens (tertiary/aromatic N) is 3. The molecule has 0 aliphatic carbocycles. The SMILES string of the molecule is CCN(CCCN(C)C)Cc1ccc(/C(N)=N/O)cc1F. The van der Waals surface area contributed by atoms with Gasteiger partial charge in [-0.05, 0) is 46.2 Å². The van der Waals surface area contributed by atoms with Crippen LogP contribution in [-0.4, -0.2) is 54.6 Å². The smallest absolute Gasteiger partial charge is 0.170 e. The molecule has 0 heterocycles. The number of halogens is 1. The van der Waals surface area contributed by atoms with Crippen LogP contribution in [0.25, 0.3) is 0 Å². The fourth-order valence-corrected chi connectivity index (χ4v) is 2.09. The molecule has 5 nitrogen and oxygen atoms in total. The molecule has 0 aliphatic heterocycles. The quantitative estimate of drug-likeness (QED) is 0.332. The molecule has 1 aromatic rings. The van der Waals surface area contributed by atoms with Gasteiger partial charge in [-0.15, -0.1) is 0 Å². The van der Waals surface area contributed by atoms with E-state index in [-0.39, 0.29) is 11.7 Å². The normalized spacial score (nSPS) is 12.4. The van der Waals surface area contributed by atoms with E-state index >= 15 is 0 Å². The van der Waals surface area contributed by atoms with E-state index < -0.39 is 0 Å². The Balaban J connectivity index is 2.68. The number of nitrogens with two attached hydrogens (primary N) is 1. The largest absolute Gasteiger partial charge is 0.409 e. The van der Waals surface area contributed by atoms with E-state index in [1.165, 1.54) is 6.07 Å². The topological polar surface area (TPSA) is 65.1 Å². The van der Waals surface area contributed by atoms with Crippen molar-refractivity contribution < 1.29 is 9.60 Å². The van der Waals surface area contributed by atoms with E-state index in [0.717, 1.165) is 26.1 Å². The first-order valence-corrected chi connectivity index (χ1v) is 7.11. The molecule has 0 saturated carbocycles. The standard InChI is InChI=1S/C15H25FN4O/c1-4-20(9-5-8-19(2)3)11-13-7-6-12(10-14(13)16)15(17)18-21/h6-7,10,21H,4-5,8-9,11H2,1-3H3,(H2,17,18). The van der Waals surface area contributed by atoms with E-state index in [9.17, 15) is 4.39 Å². The Kier molecular flexibility index (Phi) is 7.11. The molecule has 0 aliphatic rings. The molecule has 3 N–H and O–H groups in total. The van der Waals surface area contributed by atoms with Gasteiger partial charge < -0.3 is 15.8 Å². The number of rotatable bonds is 8. The second-order valence-corrected chi connectivity index (χ2v) is 5.32. The minimum Gasteiger partial charge on any atom is -0.409 e. The number of amidine groups is 1. The fraction of sp³-hybridized carbons (Fsp3) is 0.533. The average Bonchev–Trinajstić information content (AvgIpc) is 2.46. The third-order valence-corrected chi connectivity index (χ3v) is 3.38. The van der Waals surface area contributed by atoms with E-state index in [0.29, 0.717) is 17.7 Å². The number of oxime groups is 1. The maximum absolute atomic E-state index is 14.1. The molecule has 0 radical (unpaired) electrons. The van der Waals surface area contributed by atoms with E-state index in [4.69, 9.17) is 10.9 Å². The maximum atomic E-state index is 14.1. The highest BCUT2D eigenvalue weighted by molar-refractivity contribution is 5.97.